The van der Waals surface area contributed by atoms with E-state index >= 15 is 0 Å². The van der Waals surface area contributed by atoms with Crippen LogP contribution >= 0.6 is 8.46 Å². The van der Waals surface area contributed by atoms with Gasteiger partial charge in [-0.15, -0.1) is 0 Å². The number of nitrogens with one attached hydrogen (secondary N) is 1. The third kappa shape index (κ3) is 4.92. The molecular formula is C20H22NO9P. The molecule has 31 heavy (non-hydrogen) atoms. The monoisotopic (exact) mass is 451 g/mol. The molecule has 0 saturated heterocycles. The number of anilines is 1. The lowest BCUT2D eigenvalue weighted by molar-refractivity contribution is -0.114. The molecule has 0 spiro atoms. The van der Waals surface area contributed by atoms with Gasteiger partial charge in [-0.3, -0.25) is 9.36 Å². The molecule has 1 amide bonds. The SMILES string of the molecule is COC(=O)Oc1c2ccc(C(O)(P=O)C(C)C)ccc-2c(OC(=O)OC)c1NC(C)=O. The van der Waals surface area contributed by atoms with Crippen LogP contribution in [0.5, 0.6) is 11.5 Å². The van der Waals surface area contributed by atoms with Gasteiger partial charge < -0.3 is 29.4 Å². The van der Waals surface area contributed by atoms with Gasteiger partial charge in [-0.2, -0.15) is 0 Å². The van der Waals surface area contributed by atoms with Crippen LogP contribution in [0.25, 0.3) is 11.1 Å². The van der Waals surface area contributed by atoms with E-state index in [2.05, 4.69) is 14.8 Å². The van der Waals surface area contributed by atoms with E-state index in [-0.39, 0.29) is 28.3 Å². The van der Waals surface area contributed by atoms with Crippen LogP contribution < -0.4 is 14.8 Å². The van der Waals surface area contributed by atoms with Crippen LogP contribution in [0, 0.1) is 5.92 Å². The van der Waals surface area contributed by atoms with E-state index in [9.17, 15) is 24.1 Å². The van der Waals surface area contributed by atoms with Crippen molar-refractivity contribution in [2.24, 2.45) is 5.92 Å². The Labute approximate surface area is 180 Å². The van der Waals surface area contributed by atoms with Gasteiger partial charge in [-0.05, 0) is 23.6 Å². The first-order chi connectivity index (χ1) is 14.6. The molecular weight excluding hydrogens is 429 g/mol. The fourth-order valence-corrected chi connectivity index (χ4v) is 3.30. The molecule has 11 heteroatoms. The highest BCUT2D eigenvalue weighted by atomic mass is 31.1. The van der Waals surface area contributed by atoms with Crippen molar-refractivity contribution in [2.75, 3.05) is 19.5 Å². The van der Waals surface area contributed by atoms with Gasteiger partial charge >= 0.3 is 12.3 Å². The number of carbonyl (C=O) groups is 3. The quantitative estimate of drug-likeness (QED) is 0.490. The topological polar surface area (TPSA) is 137 Å². The Morgan fingerprint density at radius 2 is 1.42 bits per heavy atom. The molecule has 1 unspecified atom stereocenters. The summed E-state index contributed by atoms with van der Waals surface area (Å²) >= 11 is 0. The van der Waals surface area contributed by atoms with Crippen molar-refractivity contribution < 1.29 is 43.0 Å². The minimum Gasteiger partial charge on any atom is -0.437 e. The summed E-state index contributed by atoms with van der Waals surface area (Å²) < 4.78 is 31.2. The summed E-state index contributed by atoms with van der Waals surface area (Å²) in [5, 5.41) is 11.6. The van der Waals surface area contributed by atoms with Gasteiger partial charge in [-0.25, -0.2) is 9.59 Å². The second-order valence-electron chi connectivity index (χ2n) is 6.75. The Kier molecular flexibility index (Phi) is 7.54. The van der Waals surface area contributed by atoms with E-state index in [0.29, 0.717) is 5.56 Å². The lowest BCUT2D eigenvalue weighted by Crippen LogP contribution is -2.24. The molecule has 0 saturated carbocycles. The lowest BCUT2D eigenvalue weighted by atomic mass is 9.99. The minimum atomic E-state index is -1.69. The van der Waals surface area contributed by atoms with Crippen LogP contribution in [0.3, 0.4) is 0 Å². The Hall–Kier alpha value is -3.23. The van der Waals surface area contributed by atoms with Gasteiger partial charge in [0, 0.05) is 18.1 Å². The second-order valence-corrected chi connectivity index (χ2v) is 7.61. The number of hydrogen-bond acceptors (Lipinski definition) is 9. The molecule has 10 nitrogen and oxygen atoms in total. The zero-order valence-corrected chi connectivity index (χ0v) is 18.4. The Morgan fingerprint density at radius 3 is 1.74 bits per heavy atom. The maximum atomic E-state index is 11.8. The normalized spacial score (nSPS) is 12.9. The third-order valence-electron chi connectivity index (χ3n) is 4.47. The summed E-state index contributed by atoms with van der Waals surface area (Å²) in [5.74, 6) is -1.23. The van der Waals surface area contributed by atoms with Crippen molar-refractivity contribution in [1.29, 1.82) is 0 Å². The maximum Gasteiger partial charge on any atom is 0.513 e. The van der Waals surface area contributed by atoms with Crippen molar-refractivity contribution in [1.82, 2.24) is 0 Å². The van der Waals surface area contributed by atoms with E-state index in [4.69, 9.17) is 9.47 Å². The Bertz CT molecular complexity index is 935. The zero-order chi connectivity index (χ0) is 23.3. The molecule has 0 bridgehead atoms. The highest BCUT2D eigenvalue weighted by Crippen LogP contribution is 2.52. The molecule has 2 rings (SSSR count). The molecule has 0 aromatic rings. The number of rotatable bonds is 6. The smallest absolute Gasteiger partial charge is 0.437 e. The van der Waals surface area contributed by atoms with E-state index in [1.807, 2.05) is 0 Å². The molecule has 2 N–H and O–H groups in total. The standard InChI is InChI=1S/C20H22NO9P/c1-10(2)20(25,31-26)12-6-8-13-14(9-7-12)17(30-19(24)28-5)15(21-11(3)22)16(13)29-18(23)27-4/h6-10,25H,1-5H3,(H,21,22). The Morgan fingerprint density at radius 1 is 0.968 bits per heavy atom. The number of aliphatic hydroxyl groups is 1. The van der Waals surface area contributed by atoms with Crippen molar-refractivity contribution in [3.8, 4) is 22.6 Å². The molecule has 2 aliphatic carbocycles. The Balaban J connectivity index is 2.85. The largest absolute Gasteiger partial charge is 0.513 e. The molecule has 1 atom stereocenters. The molecule has 0 radical (unpaired) electrons. The lowest BCUT2D eigenvalue weighted by Gasteiger charge is -2.24. The number of ether oxygens (including phenoxy) is 4. The predicted molar refractivity (Wildman–Crippen MR) is 110 cm³/mol. The van der Waals surface area contributed by atoms with Gasteiger partial charge in [0.15, 0.2) is 25.3 Å². The minimum absolute atomic E-state index is 0.0906. The molecule has 0 aromatic heterocycles. The summed E-state index contributed by atoms with van der Waals surface area (Å²) in [6, 6.07) is 5.90. The first kappa shape index (κ1) is 24.0. The summed E-state index contributed by atoms with van der Waals surface area (Å²) in [6.45, 7) is 4.61. The van der Waals surface area contributed by atoms with Gasteiger partial charge in [0.25, 0.3) is 0 Å². The summed E-state index contributed by atoms with van der Waals surface area (Å²) in [4.78, 5) is 35.4. The van der Waals surface area contributed by atoms with Crippen LogP contribution in [0.15, 0.2) is 24.3 Å². The number of hydrogen-bond donors (Lipinski definition) is 2. The fraction of sp³-hybridized carbons (Fsp3) is 0.350. The highest BCUT2D eigenvalue weighted by Gasteiger charge is 2.35. The fourth-order valence-electron chi connectivity index (χ4n) is 2.84. The highest BCUT2D eigenvalue weighted by molar-refractivity contribution is 7.25. The van der Waals surface area contributed by atoms with Crippen molar-refractivity contribution in [3.05, 3.63) is 29.8 Å². The predicted octanol–water partition coefficient (Wildman–Crippen LogP) is 4.13. The maximum absolute atomic E-state index is 11.8. The van der Waals surface area contributed by atoms with Gasteiger partial charge in [-0.1, -0.05) is 26.0 Å². The van der Waals surface area contributed by atoms with Crippen LogP contribution in [0.4, 0.5) is 15.3 Å². The van der Waals surface area contributed by atoms with E-state index in [1.54, 1.807) is 13.8 Å². The summed E-state index contributed by atoms with van der Waals surface area (Å²) in [5.41, 5.74) is 0.692. The molecule has 0 fully saturated rings. The summed E-state index contributed by atoms with van der Waals surface area (Å²) in [7, 11) is 1.69. The van der Waals surface area contributed by atoms with Crippen molar-refractivity contribution >= 4 is 32.4 Å². The average molecular weight is 451 g/mol. The van der Waals surface area contributed by atoms with Crippen LogP contribution in [-0.2, 0) is 24.2 Å². The van der Waals surface area contributed by atoms with Crippen LogP contribution in [0.2, 0.25) is 0 Å². The first-order valence-electron chi connectivity index (χ1n) is 9.05. The number of methoxy groups -OCH3 is 2. The molecule has 0 aromatic carbocycles. The number of carbonyl (C=O) groups excluding carboxylic acids is 3. The zero-order valence-electron chi connectivity index (χ0n) is 17.5. The third-order valence-corrected chi connectivity index (χ3v) is 5.52. The van der Waals surface area contributed by atoms with E-state index < -0.39 is 37.9 Å². The van der Waals surface area contributed by atoms with Gasteiger partial charge in [0.1, 0.15) is 5.69 Å². The second kappa shape index (κ2) is 9.72. The first-order valence-corrected chi connectivity index (χ1v) is 9.86. The van der Waals surface area contributed by atoms with Crippen molar-refractivity contribution in [2.45, 2.75) is 26.1 Å². The molecule has 166 valence electrons. The molecule has 0 aliphatic heterocycles. The summed E-state index contributed by atoms with van der Waals surface area (Å²) in [6.07, 6.45) is -2.15. The number of fused-ring (bicyclic) bond motifs is 1. The van der Waals surface area contributed by atoms with E-state index in [0.717, 1.165) is 14.2 Å². The molecule has 2 aliphatic rings. The van der Waals surface area contributed by atoms with E-state index in [1.165, 1.54) is 31.2 Å². The van der Waals surface area contributed by atoms with Crippen molar-refractivity contribution in [3.63, 3.8) is 0 Å². The van der Waals surface area contributed by atoms with Crippen LogP contribution in [-0.4, -0.2) is 37.5 Å². The van der Waals surface area contributed by atoms with Gasteiger partial charge in [0.2, 0.25) is 5.91 Å². The van der Waals surface area contributed by atoms with Crippen LogP contribution in [0.1, 0.15) is 26.3 Å². The number of amides is 1. The molecule has 0 heterocycles. The average Bonchev–Trinajstić information content (AvgIpc) is 2.88. The van der Waals surface area contributed by atoms with Gasteiger partial charge in [0.05, 0.1) is 14.2 Å².